The zero-order chi connectivity index (χ0) is 9.52. The van der Waals surface area contributed by atoms with E-state index < -0.39 is 0 Å². The predicted molar refractivity (Wildman–Crippen MR) is 53.7 cm³/mol. The molecule has 1 atom stereocenters. The second-order valence-electron chi connectivity index (χ2n) is 2.90. The minimum atomic E-state index is 0.184. The Morgan fingerprint density at radius 3 is 3.08 bits per heavy atom. The second kappa shape index (κ2) is 5.72. The first-order chi connectivity index (χ1) is 6.33. The van der Waals surface area contributed by atoms with Crippen molar-refractivity contribution in [3.05, 3.63) is 12.3 Å². The van der Waals surface area contributed by atoms with Crippen LogP contribution in [0.4, 0.5) is 0 Å². The van der Waals surface area contributed by atoms with Gasteiger partial charge in [-0.15, -0.1) is 0 Å². The van der Waals surface area contributed by atoms with Crippen molar-refractivity contribution in [2.75, 3.05) is 26.7 Å². The van der Waals surface area contributed by atoms with Gasteiger partial charge in [0.2, 0.25) is 0 Å². The molecule has 1 aliphatic rings. The number of hydrogen-bond acceptors (Lipinski definition) is 4. The van der Waals surface area contributed by atoms with Crippen LogP contribution < -0.4 is 5.32 Å². The Hall–Kier alpha value is -0.870. The number of hydrazone groups is 1. The molecule has 4 nitrogen and oxygen atoms in total. The first-order valence-electron chi connectivity index (χ1n) is 4.55. The highest BCUT2D eigenvalue weighted by Gasteiger charge is 2.08. The molecular weight excluding hydrogens is 166 g/mol. The van der Waals surface area contributed by atoms with Crippen LogP contribution in [0.15, 0.2) is 17.4 Å². The second-order valence-corrected chi connectivity index (χ2v) is 2.90. The quantitative estimate of drug-likeness (QED) is 0.509. The molecule has 0 spiro atoms. The maximum Gasteiger partial charge on any atom is 0.0898 e. The third-order valence-electron chi connectivity index (χ3n) is 1.77. The summed E-state index contributed by atoms with van der Waals surface area (Å²) in [4.78, 5) is 0. The minimum absolute atomic E-state index is 0.184. The van der Waals surface area contributed by atoms with Crippen LogP contribution in [0.1, 0.15) is 6.92 Å². The highest BCUT2D eigenvalue weighted by atomic mass is 16.5. The number of rotatable bonds is 3. The Labute approximate surface area is 79.3 Å². The zero-order valence-corrected chi connectivity index (χ0v) is 8.23. The normalized spacial score (nSPS) is 24.3. The van der Waals surface area contributed by atoms with E-state index in [0.29, 0.717) is 0 Å². The topological polar surface area (TPSA) is 36.9 Å². The average molecular weight is 183 g/mol. The molecule has 0 saturated carbocycles. The van der Waals surface area contributed by atoms with Crippen LogP contribution in [0.2, 0.25) is 0 Å². The molecular formula is C9H17N3O. The molecule has 0 amide bonds. The van der Waals surface area contributed by atoms with E-state index in [1.165, 1.54) is 0 Å². The molecule has 1 saturated heterocycles. The lowest BCUT2D eigenvalue weighted by Crippen LogP contribution is -2.37. The fourth-order valence-corrected chi connectivity index (χ4v) is 1.15. The van der Waals surface area contributed by atoms with Gasteiger partial charge in [-0.25, -0.2) is 0 Å². The maximum absolute atomic E-state index is 5.48. The molecule has 1 heterocycles. The smallest absolute Gasteiger partial charge is 0.0898 e. The zero-order valence-electron chi connectivity index (χ0n) is 8.23. The molecule has 13 heavy (non-hydrogen) atoms. The summed E-state index contributed by atoms with van der Waals surface area (Å²) in [7, 11) is 1.90. The molecule has 4 heteroatoms. The Kier molecular flexibility index (Phi) is 4.49. The van der Waals surface area contributed by atoms with E-state index in [9.17, 15) is 0 Å². The standard InChI is InChI=1S/C9H17N3O/c1-3-11-12(2)6-4-9-8-10-5-7-13-9/h3-4,6,9-10H,5,7-8H2,1-2H3/b6-4+,11-3-. The van der Waals surface area contributed by atoms with E-state index in [4.69, 9.17) is 4.74 Å². The van der Waals surface area contributed by atoms with Crippen LogP contribution in [0.5, 0.6) is 0 Å². The lowest BCUT2D eigenvalue weighted by molar-refractivity contribution is 0.0584. The van der Waals surface area contributed by atoms with Crippen LogP contribution in [-0.4, -0.2) is 44.1 Å². The summed E-state index contributed by atoms with van der Waals surface area (Å²) >= 11 is 0. The van der Waals surface area contributed by atoms with Gasteiger partial charge in [0.05, 0.1) is 12.7 Å². The van der Waals surface area contributed by atoms with Crippen LogP contribution in [-0.2, 0) is 4.74 Å². The lowest BCUT2D eigenvalue weighted by atomic mass is 10.3. The summed E-state index contributed by atoms with van der Waals surface area (Å²) in [6.45, 7) is 4.52. The van der Waals surface area contributed by atoms with Gasteiger partial charge in [0.1, 0.15) is 0 Å². The number of nitrogens with one attached hydrogen (secondary N) is 1. The van der Waals surface area contributed by atoms with Crippen LogP contribution in [0.25, 0.3) is 0 Å². The van der Waals surface area contributed by atoms with E-state index in [-0.39, 0.29) is 6.10 Å². The minimum Gasteiger partial charge on any atom is -0.371 e. The van der Waals surface area contributed by atoms with Crippen molar-refractivity contribution in [3.63, 3.8) is 0 Å². The van der Waals surface area contributed by atoms with Gasteiger partial charge >= 0.3 is 0 Å². The summed E-state index contributed by atoms with van der Waals surface area (Å²) in [5.41, 5.74) is 0. The first-order valence-corrected chi connectivity index (χ1v) is 4.55. The maximum atomic E-state index is 5.48. The highest BCUT2D eigenvalue weighted by molar-refractivity contribution is 5.52. The van der Waals surface area contributed by atoms with Gasteiger partial charge in [0, 0.05) is 32.6 Å². The molecule has 0 aromatic heterocycles. The van der Waals surface area contributed by atoms with Gasteiger partial charge in [-0.3, -0.25) is 5.01 Å². The van der Waals surface area contributed by atoms with E-state index in [0.717, 1.165) is 19.7 Å². The summed E-state index contributed by atoms with van der Waals surface area (Å²) in [6, 6.07) is 0. The SMILES string of the molecule is C/C=N\N(C)/C=C/C1CNCCO1. The number of morpholine rings is 1. The highest BCUT2D eigenvalue weighted by Crippen LogP contribution is 1.98. The van der Waals surface area contributed by atoms with Crippen LogP contribution >= 0.6 is 0 Å². The van der Waals surface area contributed by atoms with Gasteiger partial charge in [-0.05, 0) is 13.0 Å². The fourth-order valence-electron chi connectivity index (χ4n) is 1.15. The van der Waals surface area contributed by atoms with E-state index >= 15 is 0 Å². The molecule has 1 aliphatic heterocycles. The molecule has 1 rings (SSSR count). The van der Waals surface area contributed by atoms with Crippen molar-refractivity contribution in [3.8, 4) is 0 Å². The summed E-state index contributed by atoms with van der Waals surface area (Å²) in [6.07, 6.45) is 5.87. The number of ether oxygens (including phenoxy) is 1. The molecule has 0 bridgehead atoms. The first kappa shape index (κ1) is 10.2. The van der Waals surface area contributed by atoms with Gasteiger partial charge in [0.25, 0.3) is 0 Å². The largest absolute Gasteiger partial charge is 0.371 e. The van der Waals surface area contributed by atoms with Gasteiger partial charge in [0.15, 0.2) is 0 Å². The van der Waals surface area contributed by atoms with Crippen LogP contribution in [0.3, 0.4) is 0 Å². The lowest BCUT2D eigenvalue weighted by Gasteiger charge is -2.21. The summed E-state index contributed by atoms with van der Waals surface area (Å²) in [5, 5.41) is 9.07. The number of nitrogens with zero attached hydrogens (tertiary/aromatic N) is 2. The van der Waals surface area contributed by atoms with E-state index in [1.54, 1.807) is 11.2 Å². The monoisotopic (exact) mass is 183 g/mol. The molecule has 1 unspecified atom stereocenters. The third kappa shape index (κ3) is 4.05. The van der Waals surface area contributed by atoms with Crippen molar-refractivity contribution in [1.29, 1.82) is 0 Å². The van der Waals surface area contributed by atoms with Crippen LogP contribution in [0, 0.1) is 0 Å². The van der Waals surface area contributed by atoms with E-state index in [2.05, 4.69) is 10.4 Å². The Balaban J connectivity index is 2.28. The van der Waals surface area contributed by atoms with Crippen molar-refractivity contribution >= 4 is 6.21 Å². The molecule has 0 aromatic rings. The Morgan fingerprint density at radius 1 is 1.62 bits per heavy atom. The molecule has 1 fully saturated rings. The number of hydrogen-bond donors (Lipinski definition) is 1. The van der Waals surface area contributed by atoms with Crippen molar-refractivity contribution in [2.45, 2.75) is 13.0 Å². The van der Waals surface area contributed by atoms with Gasteiger partial charge in [-0.2, -0.15) is 5.10 Å². The van der Waals surface area contributed by atoms with Crippen molar-refractivity contribution in [1.82, 2.24) is 10.3 Å². The molecule has 74 valence electrons. The molecule has 0 aliphatic carbocycles. The third-order valence-corrected chi connectivity index (χ3v) is 1.77. The predicted octanol–water partition coefficient (Wildman–Crippen LogP) is 0.426. The van der Waals surface area contributed by atoms with Gasteiger partial charge in [-0.1, -0.05) is 0 Å². The van der Waals surface area contributed by atoms with Crippen molar-refractivity contribution < 1.29 is 4.74 Å². The Morgan fingerprint density at radius 2 is 2.46 bits per heavy atom. The van der Waals surface area contributed by atoms with E-state index in [1.807, 2.05) is 26.2 Å². The van der Waals surface area contributed by atoms with Crippen molar-refractivity contribution in [2.24, 2.45) is 5.10 Å². The van der Waals surface area contributed by atoms with Gasteiger partial charge < -0.3 is 10.1 Å². The summed E-state index contributed by atoms with van der Waals surface area (Å²) in [5.74, 6) is 0. The molecule has 0 radical (unpaired) electrons. The average Bonchev–Trinajstić information content (AvgIpc) is 2.17. The fraction of sp³-hybridized carbons (Fsp3) is 0.667. The Bertz CT molecular complexity index is 185. The molecule has 0 aromatic carbocycles. The molecule has 1 N–H and O–H groups in total. The summed E-state index contributed by atoms with van der Waals surface area (Å²) < 4.78 is 5.48.